The lowest BCUT2D eigenvalue weighted by Crippen LogP contribution is -2.54. The van der Waals surface area contributed by atoms with Crippen molar-refractivity contribution in [2.24, 2.45) is 11.7 Å². The molecule has 4 aromatic rings. The number of amides is 8. The molecule has 1 fully saturated rings. The zero-order valence-electron chi connectivity index (χ0n) is 41.5. The van der Waals surface area contributed by atoms with Gasteiger partial charge in [-0.2, -0.15) is 0 Å². The van der Waals surface area contributed by atoms with Crippen LogP contribution >= 0.6 is 0 Å². The number of para-hydroxylation sites is 1. The number of nitrogens with two attached hydrogens (primary N) is 1. The van der Waals surface area contributed by atoms with Gasteiger partial charge in [0, 0.05) is 85.5 Å². The van der Waals surface area contributed by atoms with E-state index in [4.69, 9.17) is 24.8 Å². The van der Waals surface area contributed by atoms with E-state index in [2.05, 4.69) is 31.6 Å². The third-order valence-corrected chi connectivity index (χ3v) is 12.8. The lowest BCUT2D eigenvalue weighted by Gasteiger charge is -2.31. The first-order valence-corrected chi connectivity index (χ1v) is 24.8. The van der Waals surface area contributed by atoms with Gasteiger partial charge in [0.1, 0.15) is 42.2 Å². The van der Waals surface area contributed by atoms with Gasteiger partial charge in [0.25, 0.3) is 11.8 Å². The summed E-state index contributed by atoms with van der Waals surface area (Å²) in [7, 11) is -1.30. The Hall–Kier alpha value is -8.19. The number of rotatable bonds is 24. The molecule has 25 heteroatoms. The quantitative estimate of drug-likeness (QED) is 0.0174. The van der Waals surface area contributed by atoms with E-state index in [1.807, 2.05) is 18.2 Å². The molecule has 24 nitrogen and oxygen atoms in total. The Kier molecular flexibility index (Phi) is 18.7. The summed E-state index contributed by atoms with van der Waals surface area (Å²) in [6.07, 6.45) is 5.67. The van der Waals surface area contributed by atoms with Crippen molar-refractivity contribution in [3.05, 3.63) is 100 Å². The largest absolute Gasteiger partial charge is 0.492 e. The van der Waals surface area contributed by atoms with Gasteiger partial charge in [-0.05, 0) is 78.5 Å². The molecule has 0 spiro atoms. The van der Waals surface area contributed by atoms with Crippen LogP contribution in [0.2, 0.25) is 0 Å². The summed E-state index contributed by atoms with van der Waals surface area (Å²) >= 11 is 0. The van der Waals surface area contributed by atoms with Gasteiger partial charge in [0.15, 0.2) is 0 Å². The van der Waals surface area contributed by atoms with Gasteiger partial charge in [-0.1, -0.05) is 50.6 Å². The van der Waals surface area contributed by atoms with Crippen LogP contribution < -0.4 is 42.5 Å². The van der Waals surface area contributed by atoms with Crippen LogP contribution in [0.5, 0.6) is 5.75 Å². The minimum atomic E-state index is -1.30. The number of hydrogen-bond acceptors (Lipinski definition) is 16. The van der Waals surface area contributed by atoms with Crippen LogP contribution in [0.15, 0.2) is 79.0 Å². The van der Waals surface area contributed by atoms with Crippen LogP contribution in [-0.4, -0.2) is 129 Å². The van der Waals surface area contributed by atoms with Crippen molar-refractivity contribution in [2.45, 2.75) is 96.1 Å². The Morgan fingerprint density at radius 1 is 0.947 bits per heavy atom. The van der Waals surface area contributed by atoms with Crippen LogP contribution in [-0.2, 0) is 40.0 Å². The van der Waals surface area contributed by atoms with E-state index in [0.29, 0.717) is 90.8 Å². The molecule has 8 amide bonds. The smallest absolute Gasteiger partial charge is 0.488 e. The Morgan fingerprint density at radius 3 is 2.39 bits per heavy atom. The zero-order valence-corrected chi connectivity index (χ0v) is 41.5. The number of hydrogen-bond donors (Lipinski definition) is 7. The van der Waals surface area contributed by atoms with E-state index in [1.54, 1.807) is 67.4 Å². The highest BCUT2D eigenvalue weighted by Gasteiger charge is 2.38. The molecule has 3 aliphatic heterocycles. The van der Waals surface area contributed by atoms with Crippen molar-refractivity contribution in [1.29, 1.82) is 0 Å². The molecular weight excluding hydrogens is 973 g/mol. The highest BCUT2D eigenvalue weighted by atomic mass is 16.6. The number of ether oxygens (including phenoxy) is 2. The molecule has 3 aromatic carbocycles. The van der Waals surface area contributed by atoms with Crippen molar-refractivity contribution in [3.8, 4) is 5.75 Å². The SMILES string of the molecule is CC(C)C(NC(=O)CCCCCN1C(=O)C=CC1=O)C(=O)NC(CCCNC(N)=O)C(=O)Nc1ccc(COC(=O)N2CCC(Oc3cccc4cnc(Nc5ccc6c(c5)B(O)OC6C[N+](=O)[O-])nc34)CC2)cc1. The fraction of sp³-hybridized carbons (Fsp3) is 0.420. The summed E-state index contributed by atoms with van der Waals surface area (Å²) in [4.78, 5) is 111. The summed E-state index contributed by atoms with van der Waals surface area (Å²) in [6, 6.07) is 14.4. The molecule has 3 unspecified atom stereocenters. The first-order valence-electron chi connectivity index (χ1n) is 24.8. The molecule has 3 aliphatic rings. The fourth-order valence-electron chi connectivity index (χ4n) is 8.75. The van der Waals surface area contributed by atoms with Gasteiger partial charge in [-0.25, -0.2) is 19.6 Å². The number of benzene rings is 3. The maximum Gasteiger partial charge on any atom is 0.492 e. The van der Waals surface area contributed by atoms with E-state index in [0.717, 1.165) is 10.3 Å². The second-order valence-corrected chi connectivity index (χ2v) is 18.6. The second-order valence-electron chi connectivity index (χ2n) is 18.6. The molecule has 75 heavy (non-hydrogen) atoms. The van der Waals surface area contributed by atoms with Crippen molar-refractivity contribution < 1.29 is 57.6 Å². The molecule has 1 saturated heterocycles. The third kappa shape index (κ3) is 15.2. The normalized spacial score (nSPS) is 16.1. The molecule has 7 rings (SSSR count). The van der Waals surface area contributed by atoms with E-state index in [1.165, 1.54) is 12.2 Å². The van der Waals surface area contributed by atoms with E-state index >= 15 is 0 Å². The number of primary amides is 1. The number of nitrogens with zero attached hydrogens (tertiary/aromatic N) is 5. The zero-order chi connectivity index (χ0) is 53.6. The topological polar surface area (TPSA) is 329 Å². The predicted molar refractivity (Wildman–Crippen MR) is 273 cm³/mol. The van der Waals surface area contributed by atoms with Crippen molar-refractivity contribution in [3.63, 3.8) is 0 Å². The monoisotopic (exact) mass is 1030 g/mol. The summed E-state index contributed by atoms with van der Waals surface area (Å²) in [5, 5.41) is 36.1. The number of nitrogens with one attached hydrogen (secondary N) is 5. The van der Waals surface area contributed by atoms with Crippen molar-refractivity contribution >= 4 is 82.5 Å². The van der Waals surface area contributed by atoms with Gasteiger partial charge in [0.2, 0.25) is 30.2 Å². The molecule has 0 bridgehead atoms. The number of fused-ring (bicyclic) bond motifs is 2. The number of unbranched alkanes of at least 4 members (excludes halogenated alkanes) is 2. The molecule has 4 heterocycles. The number of anilines is 3. The standard InChI is InChI=1S/C50H60BN11O13/c1-30(2)44(58-41(63)11-4-3-5-23-61-42(64)18-19-43(61)65)47(67)57-38(9-7-22-53-48(52)68)46(66)55-33-14-12-31(13-15-33)29-73-50(69)60-24-20-35(21-25-60)74-39-10-6-8-32-27-54-49(59-45(32)39)56-34-16-17-36-37(26-34)51(70)75-40(36)28-62(71)72/h6,8,10,12-19,26-27,30,35,38,40,44,70H,3-5,7,9,11,20-25,28-29H2,1-2H3,(H,55,66)(H,57,67)(H,58,63)(H3,52,53,68)(H,54,56,59). The average molecular weight is 1030 g/mol. The number of likely N-dealkylation sites (tertiary alicyclic amines) is 1. The Bertz CT molecular complexity index is 2770. The summed E-state index contributed by atoms with van der Waals surface area (Å²) in [5.41, 5.74) is 8.33. The molecule has 8 N–H and O–H groups in total. The number of aromatic nitrogens is 2. The Morgan fingerprint density at radius 2 is 1.68 bits per heavy atom. The first kappa shape index (κ1) is 54.6. The van der Waals surface area contributed by atoms with E-state index in [-0.39, 0.29) is 68.2 Å². The predicted octanol–water partition coefficient (Wildman–Crippen LogP) is 3.09. The molecule has 396 valence electrons. The number of carbonyl (C=O) groups excluding carboxylic acids is 7. The van der Waals surface area contributed by atoms with Crippen LogP contribution in [0.25, 0.3) is 10.9 Å². The van der Waals surface area contributed by atoms with Gasteiger partial charge in [-0.15, -0.1) is 0 Å². The fourth-order valence-corrected chi connectivity index (χ4v) is 8.75. The molecule has 1 aromatic heterocycles. The average Bonchev–Trinajstić information content (AvgIpc) is 3.87. The molecular formula is C50H60BN11O13. The van der Waals surface area contributed by atoms with Crippen LogP contribution in [0.3, 0.4) is 0 Å². The number of urea groups is 1. The van der Waals surface area contributed by atoms with Crippen molar-refractivity contribution in [2.75, 3.05) is 43.4 Å². The molecule has 0 radical (unpaired) electrons. The van der Waals surface area contributed by atoms with Gasteiger partial charge < -0.3 is 56.4 Å². The Balaban J connectivity index is 0.858. The Labute approximate surface area is 431 Å². The molecule has 0 saturated carbocycles. The van der Waals surface area contributed by atoms with Crippen molar-refractivity contribution in [1.82, 2.24) is 35.7 Å². The van der Waals surface area contributed by atoms with E-state index in [9.17, 15) is 48.7 Å². The summed E-state index contributed by atoms with van der Waals surface area (Å²) in [6.45, 7) is 4.18. The minimum absolute atomic E-state index is 0.0380. The first-order chi connectivity index (χ1) is 36.0. The highest BCUT2D eigenvalue weighted by molar-refractivity contribution is 6.62. The van der Waals surface area contributed by atoms with E-state index < -0.39 is 60.7 Å². The van der Waals surface area contributed by atoms with Crippen LogP contribution in [0.1, 0.15) is 82.4 Å². The minimum Gasteiger partial charge on any atom is -0.488 e. The van der Waals surface area contributed by atoms with Gasteiger partial charge in [0.05, 0.1) is 0 Å². The maximum absolute atomic E-state index is 13.6. The lowest BCUT2D eigenvalue weighted by molar-refractivity contribution is -0.490. The van der Waals surface area contributed by atoms with Gasteiger partial charge >= 0.3 is 19.2 Å². The molecule has 3 atom stereocenters. The third-order valence-electron chi connectivity index (χ3n) is 12.8. The van der Waals surface area contributed by atoms with Crippen LogP contribution in [0, 0.1) is 16.0 Å². The number of imide groups is 1. The van der Waals surface area contributed by atoms with Gasteiger partial charge in [-0.3, -0.25) is 39.0 Å². The lowest BCUT2D eigenvalue weighted by atomic mass is 9.79. The highest BCUT2D eigenvalue weighted by Crippen LogP contribution is 2.30. The van der Waals surface area contributed by atoms with Crippen LogP contribution in [0.4, 0.5) is 26.9 Å². The molecule has 0 aliphatic carbocycles. The summed E-state index contributed by atoms with van der Waals surface area (Å²) in [5.74, 6) is -1.74. The number of piperidine rings is 1. The maximum atomic E-state index is 13.6. The number of carbonyl (C=O) groups is 7. The second kappa shape index (κ2) is 25.7. The number of nitro groups is 1. The summed E-state index contributed by atoms with van der Waals surface area (Å²) < 4.78 is 17.4.